The monoisotopic (exact) mass is 251 g/mol. The van der Waals surface area contributed by atoms with Gasteiger partial charge in [-0.3, -0.25) is 0 Å². The van der Waals surface area contributed by atoms with E-state index in [4.69, 9.17) is 10.5 Å². The number of rotatable bonds is 4. The topological polar surface area (TPSA) is 35.2 Å². The van der Waals surface area contributed by atoms with E-state index >= 15 is 0 Å². The summed E-state index contributed by atoms with van der Waals surface area (Å²) in [6, 6.07) is 8.62. The highest BCUT2D eigenvalue weighted by Crippen LogP contribution is 2.22. The molecule has 0 aliphatic rings. The molecule has 0 bridgehead atoms. The molecular weight excluding hydrogens is 237 g/mol. The molecule has 0 radical (unpaired) electrons. The van der Waals surface area contributed by atoms with E-state index in [-0.39, 0.29) is 5.69 Å². The third kappa shape index (κ3) is 2.97. The van der Waals surface area contributed by atoms with E-state index in [0.29, 0.717) is 12.4 Å². The van der Waals surface area contributed by atoms with Crippen LogP contribution in [0.1, 0.15) is 16.7 Å². The van der Waals surface area contributed by atoms with Crippen LogP contribution >= 0.6 is 11.3 Å². The zero-order valence-corrected chi connectivity index (χ0v) is 10.4. The predicted octanol–water partition coefficient (Wildman–Crippen LogP) is 3.61. The minimum Gasteiger partial charge on any atom is -0.488 e. The third-order valence-electron chi connectivity index (χ3n) is 2.42. The Morgan fingerprint density at radius 1 is 1.24 bits per heavy atom. The van der Waals surface area contributed by atoms with Gasteiger partial charge in [-0.2, -0.15) is 0 Å². The lowest BCUT2D eigenvalue weighted by atomic mass is 10.3. The zero-order chi connectivity index (χ0) is 12.3. The van der Waals surface area contributed by atoms with E-state index in [1.54, 1.807) is 17.4 Å². The van der Waals surface area contributed by atoms with Crippen molar-refractivity contribution in [3.05, 3.63) is 45.9 Å². The Hall–Kier alpha value is -1.55. The summed E-state index contributed by atoms with van der Waals surface area (Å²) in [6.07, 6.45) is 1.03. The maximum absolute atomic E-state index is 13.2. The molecule has 2 N–H and O–H groups in total. The smallest absolute Gasteiger partial charge is 0.149 e. The van der Waals surface area contributed by atoms with Gasteiger partial charge in [-0.15, -0.1) is 11.3 Å². The van der Waals surface area contributed by atoms with Crippen LogP contribution in [0, 0.1) is 5.82 Å². The number of aryl methyl sites for hydroxylation is 1. The van der Waals surface area contributed by atoms with Crippen molar-refractivity contribution < 1.29 is 9.13 Å². The summed E-state index contributed by atoms with van der Waals surface area (Å²) in [7, 11) is 0. The van der Waals surface area contributed by atoms with E-state index < -0.39 is 5.82 Å². The Morgan fingerprint density at radius 3 is 2.65 bits per heavy atom. The number of hydrogen-bond donors (Lipinski definition) is 1. The molecule has 2 rings (SSSR count). The lowest BCUT2D eigenvalue weighted by Gasteiger charge is -2.05. The van der Waals surface area contributed by atoms with Crippen molar-refractivity contribution in [3.63, 3.8) is 0 Å². The SMILES string of the molecule is CCc1ccc(COc2ccc(N)c(F)c2)s1. The van der Waals surface area contributed by atoms with E-state index in [2.05, 4.69) is 13.0 Å². The second kappa shape index (κ2) is 5.19. The van der Waals surface area contributed by atoms with Crippen molar-refractivity contribution in [2.45, 2.75) is 20.0 Å². The molecule has 1 aromatic carbocycles. The van der Waals surface area contributed by atoms with Crippen molar-refractivity contribution in [2.75, 3.05) is 5.73 Å². The number of ether oxygens (including phenoxy) is 1. The summed E-state index contributed by atoms with van der Waals surface area (Å²) in [5.41, 5.74) is 5.53. The minimum atomic E-state index is -0.442. The third-order valence-corrected chi connectivity index (χ3v) is 3.62. The summed E-state index contributed by atoms with van der Waals surface area (Å²) in [5.74, 6) is 0.0612. The number of nitrogen functional groups attached to an aromatic ring is 1. The van der Waals surface area contributed by atoms with Crippen LogP contribution in [-0.4, -0.2) is 0 Å². The van der Waals surface area contributed by atoms with Gasteiger partial charge in [-0.25, -0.2) is 4.39 Å². The quantitative estimate of drug-likeness (QED) is 0.842. The number of anilines is 1. The van der Waals surface area contributed by atoms with Gasteiger partial charge < -0.3 is 10.5 Å². The fourth-order valence-electron chi connectivity index (χ4n) is 1.44. The molecule has 0 unspecified atom stereocenters. The molecule has 0 aliphatic carbocycles. The summed E-state index contributed by atoms with van der Waals surface area (Å²) >= 11 is 1.72. The van der Waals surface area contributed by atoms with E-state index in [1.807, 2.05) is 6.07 Å². The first-order valence-corrected chi connectivity index (χ1v) is 6.26. The molecule has 17 heavy (non-hydrogen) atoms. The fourth-order valence-corrected chi connectivity index (χ4v) is 2.31. The average Bonchev–Trinajstić information content (AvgIpc) is 2.79. The molecule has 0 fully saturated rings. The molecule has 0 saturated heterocycles. The minimum absolute atomic E-state index is 0.141. The Morgan fingerprint density at radius 2 is 2.00 bits per heavy atom. The van der Waals surface area contributed by atoms with Crippen LogP contribution < -0.4 is 10.5 Å². The van der Waals surface area contributed by atoms with Crippen molar-refractivity contribution in [2.24, 2.45) is 0 Å². The molecule has 1 aromatic heterocycles. The van der Waals surface area contributed by atoms with E-state index in [1.165, 1.54) is 17.0 Å². The average molecular weight is 251 g/mol. The first kappa shape index (κ1) is 11.9. The van der Waals surface area contributed by atoms with Crippen molar-refractivity contribution in [1.82, 2.24) is 0 Å². The number of benzene rings is 1. The Kier molecular flexibility index (Phi) is 3.64. The summed E-state index contributed by atoms with van der Waals surface area (Å²) in [5, 5.41) is 0. The molecule has 2 aromatic rings. The van der Waals surface area contributed by atoms with Crippen LogP contribution in [0.2, 0.25) is 0 Å². The van der Waals surface area contributed by atoms with Gasteiger partial charge in [0.1, 0.15) is 18.2 Å². The molecular formula is C13H14FNOS. The summed E-state index contributed by atoms with van der Waals surface area (Å²) < 4.78 is 18.7. The summed E-state index contributed by atoms with van der Waals surface area (Å²) in [4.78, 5) is 2.46. The molecule has 0 aliphatic heterocycles. The van der Waals surface area contributed by atoms with Crippen LogP contribution in [0.25, 0.3) is 0 Å². The first-order valence-electron chi connectivity index (χ1n) is 5.44. The molecule has 4 heteroatoms. The molecule has 0 atom stereocenters. The van der Waals surface area contributed by atoms with Gasteiger partial charge in [0, 0.05) is 15.8 Å². The Bertz CT molecular complexity index is 510. The molecule has 0 spiro atoms. The number of nitrogens with two attached hydrogens (primary N) is 1. The number of halogens is 1. The Labute approximate surface area is 104 Å². The molecule has 90 valence electrons. The standard InChI is InChI=1S/C13H14FNOS/c1-2-10-4-5-11(17-10)8-16-9-3-6-13(15)12(14)7-9/h3-7H,2,8,15H2,1H3. The van der Waals surface area contributed by atoms with Crippen LogP contribution in [0.15, 0.2) is 30.3 Å². The normalized spacial score (nSPS) is 10.5. The van der Waals surface area contributed by atoms with Gasteiger partial charge in [-0.05, 0) is 30.7 Å². The highest BCUT2D eigenvalue weighted by Gasteiger charge is 2.03. The first-order chi connectivity index (χ1) is 8.19. The van der Waals surface area contributed by atoms with E-state index in [0.717, 1.165) is 11.3 Å². The van der Waals surface area contributed by atoms with Gasteiger partial charge >= 0.3 is 0 Å². The van der Waals surface area contributed by atoms with E-state index in [9.17, 15) is 4.39 Å². The number of thiophene rings is 1. The molecule has 1 heterocycles. The van der Waals surface area contributed by atoms with Gasteiger partial charge in [0.2, 0.25) is 0 Å². The predicted molar refractivity (Wildman–Crippen MR) is 68.8 cm³/mol. The summed E-state index contributed by atoms with van der Waals surface area (Å²) in [6.45, 7) is 2.58. The lowest BCUT2D eigenvalue weighted by Crippen LogP contribution is -1.95. The van der Waals surface area contributed by atoms with Crippen LogP contribution in [-0.2, 0) is 13.0 Å². The molecule has 0 saturated carbocycles. The van der Waals surface area contributed by atoms with Gasteiger partial charge in [0.25, 0.3) is 0 Å². The highest BCUT2D eigenvalue weighted by atomic mass is 32.1. The lowest BCUT2D eigenvalue weighted by molar-refractivity contribution is 0.308. The molecule has 2 nitrogen and oxygen atoms in total. The van der Waals surface area contributed by atoms with Crippen molar-refractivity contribution >= 4 is 17.0 Å². The highest BCUT2D eigenvalue weighted by molar-refractivity contribution is 7.11. The van der Waals surface area contributed by atoms with Crippen LogP contribution in [0.3, 0.4) is 0 Å². The van der Waals surface area contributed by atoms with Crippen LogP contribution in [0.4, 0.5) is 10.1 Å². The van der Waals surface area contributed by atoms with Crippen molar-refractivity contribution in [1.29, 1.82) is 0 Å². The fraction of sp³-hybridized carbons (Fsp3) is 0.231. The zero-order valence-electron chi connectivity index (χ0n) is 9.57. The number of hydrogen-bond acceptors (Lipinski definition) is 3. The second-order valence-corrected chi connectivity index (χ2v) is 4.95. The maximum Gasteiger partial charge on any atom is 0.149 e. The van der Waals surface area contributed by atoms with Gasteiger partial charge in [0.05, 0.1) is 5.69 Å². The van der Waals surface area contributed by atoms with Crippen LogP contribution in [0.5, 0.6) is 5.75 Å². The largest absolute Gasteiger partial charge is 0.488 e. The second-order valence-electron chi connectivity index (χ2n) is 3.69. The Balaban J connectivity index is 1.99. The molecule has 0 amide bonds. The van der Waals surface area contributed by atoms with Gasteiger partial charge in [-0.1, -0.05) is 6.92 Å². The van der Waals surface area contributed by atoms with Crippen molar-refractivity contribution in [3.8, 4) is 5.75 Å². The maximum atomic E-state index is 13.2. The van der Waals surface area contributed by atoms with Gasteiger partial charge in [0.15, 0.2) is 0 Å².